The minimum Gasteiger partial charge on any atom is -0.480 e. The molecule has 7 nitrogen and oxygen atoms in total. The number of hydrogen-bond acceptors (Lipinski definition) is 5. The van der Waals surface area contributed by atoms with E-state index in [1.165, 1.54) is 4.90 Å². The number of carbonyl (C=O) groups excluding carboxylic acids is 1. The lowest BCUT2D eigenvalue weighted by molar-refractivity contribution is -0.157. The first kappa shape index (κ1) is 15.6. The summed E-state index contributed by atoms with van der Waals surface area (Å²) in [6, 6.07) is -1.23. The van der Waals surface area contributed by atoms with Crippen molar-refractivity contribution >= 4 is 12.1 Å². The van der Waals surface area contributed by atoms with Crippen LogP contribution in [0, 0.1) is 5.92 Å². The maximum Gasteiger partial charge on any atom is 0.411 e. The summed E-state index contributed by atoms with van der Waals surface area (Å²) < 4.78 is 17.1. The Balaban J connectivity index is 1.87. The first-order chi connectivity index (χ1) is 10.0. The van der Waals surface area contributed by atoms with Crippen LogP contribution in [0.2, 0.25) is 0 Å². The predicted molar refractivity (Wildman–Crippen MR) is 75.2 cm³/mol. The van der Waals surface area contributed by atoms with E-state index in [4.69, 9.17) is 14.2 Å². The van der Waals surface area contributed by atoms with Gasteiger partial charge in [-0.2, -0.15) is 0 Å². The number of carboxylic acids is 1. The number of fused-ring (bicyclic) bond motifs is 5. The number of likely N-dealkylation sites (tertiary alicyclic amines) is 1. The fourth-order valence-electron chi connectivity index (χ4n) is 3.85. The van der Waals surface area contributed by atoms with Gasteiger partial charge in [-0.05, 0) is 41.0 Å². The Labute approximate surface area is 129 Å². The van der Waals surface area contributed by atoms with Gasteiger partial charge in [0.15, 0.2) is 5.79 Å². The second-order valence-corrected chi connectivity index (χ2v) is 7.70. The van der Waals surface area contributed by atoms with E-state index < -0.39 is 29.5 Å². The van der Waals surface area contributed by atoms with E-state index in [0.29, 0.717) is 6.42 Å². The van der Waals surface area contributed by atoms with Crippen LogP contribution in [0.1, 0.15) is 41.0 Å². The number of rotatable bonds is 1. The highest BCUT2D eigenvalue weighted by atomic mass is 16.8. The van der Waals surface area contributed by atoms with Gasteiger partial charge in [-0.15, -0.1) is 0 Å². The van der Waals surface area contributed by atoms with E-state index in [9.17, 15) is 14.7 Å². The molecule has 2 bridgehead atoms. The van der Waals surface area contributed by atoms with Crippen molar-refractivity contribution in [3.8, 4) is 0 Å². The van der Waals surface area contributed by atoms with Crippen molar-refractivity contribution < 1.29 is 28.9 Å². The summed E-state index contributed by atoms with van der Waals surface area (Å²) >= 11 is 0. The third kappa shape index (κ3) is 2.36. The molecule has 0 aromatic carbocycles. The molecule has 124 valence electrons. The van der Waals surface area contributed by atoms with E-state index in [2.05, 4.69) is 0 Å². The molecule has 3 fully saturated rings. The number of nitrogens with zero attached hydrogens (tertiary/aromatic N) is 1. The van der Waals surface area contributed by atoms with Crippen LogP contribution in [0.15, 0.2) is 0 Å². The summed E-state index contributed by atoms with van der Waals surface area (Å²) in [4.78, 5) is 25.5. The number of carbonyl (C=O) groups is 2. The number of piperidine rings is 1. The monoisotopic (exact) mass is 313 g/mol. The normalized spacial score (nSPS) is 39.0. The minimum absolute atomic E-state index is 0.262. The van der Waals surface area contributed by atoms with E-state index >= 15 is 0 Å². The van der Waals surface area contributed by atoms with Crippen LogP contribution in [0.5, 0.6) is 0 Å². The predicted octanol–water partition coefficient (Wildman–Crippen LogP) is 1.60. The van der Waals surface area contributed by atoms with Crippen LogP contribution >= 0.6 is 0 Å². The Morgan fingerprint density at radius 3 is 2.36 bits per heavy atom. The summed E-state index contributed by atoms with van der Waals surface area (Å²) in [5, 5.41) is 9.56. The van der Waals surface area contributed by atoms with Crippen LogP contribution in [0.3, 0.4) is 0 Å². The van der Waals surface area contributed by atoms with Crippen molar-refractivity contribution in [1.29, 1.82) is 0 Å². The molecular weight excluding hydrogens is 290 g/mol. The van der Waals surface area contributed by atoms with E-state index in [0.717, 1.165) is 0 Å². The molecule has 22 heavy (non-hydrogen) atoms. The molecule has 3 aliphatic rings. The zero-order chi connectivity index (χ0) is 16.4. The third-order valence-corrected chi connectivity index (χ3v) is 4.40. The van der Waals surface area contributed by atoms with Crippen molar-refractivity contribution in [3.05, 3.63) is 0 Å². The summed E-state index contributed by atoms with van der Waals surface area (Å²) in [7, 11) is 0. The molecule has 2 saturated heterocycles. The summed E-state index contributed by atoms with van der Waals surface area (Å²) in [6.45, 7) is 8.89. The third-order valence-electron chi connectivity index (χ3n) is 4.40. The maximum atomic E-state index is 12.5. The molecule has 0 aromatic heterocycles. The minimum atomic E-state index is -1.02. The standard InChI is InChI=1S/C15H23NO6/c1-14(2,3)22-13(19)16-8-6-7(9(16)12(17)18)10-11(8)21-15(4,5)20-10/h7-11H,6H2,1-5H3,(H,17,18)/t7-,8-,9-,10-,11+/m0/s1. The molecule has 0 radical (unpaired) electrons. The van der Waals surface area contributed by atoms with Gasteiger partial charge >= 0.3 is 12.1 Å². The molecule has 1 aliphatic carbocycles. The second kappa shape index (κ2) is 4.58. The molecule has 7 heteroatoms. The highest BCUT2D eigenvalue weighted by molar-refractivity contribution is 5.82. The molecule has 3 rings (SSSR count). The average Bonchev–Trinajstić information content (AvgIpc) is 2.91. The zero-order valence-electron chi connectivity index (χ0n) is 13.5. The smallest absolute Gasteiger partial charge is 0.411 e. The van der Waals surface area contributed by atoms with Crippen molar-refractivity contribution in [2.75, 3.05) is 0 Å². The molecule has 2 aliphatic heterocycles. The topological polar surface area (TPSA) is 85.3 Å². The molecule has 0 unspecified atom stereocenters. The van der Waals surface area contributed by atoms with Crippen LogP contribution in [0.4, 0.5) is 4.79 Å². The first-order valence-corrected chi connectivity index (χ1v) is 7.60. The number of amides is 1. The molecule has 1 saturated carbocycles. The SMILES string of the molecule is CC(C)(C)OC(=O)N1[C@H](C(=O)O)[C@@H]2C[C@H]1[C@H]1OC(C)(C)O[C@@H]21. The van der Waals surface area contributed by atoms with Crippen LogP contribution in [-0.4, -0.2) is 57.7 Å². The summed E-state index contributed by atoms with van der Waals surface area (Å²) in [5.74, 6) is -2.04. The van der Waals surface area contributed by atoms with E-state index in [-0.39, 0.29) is 24.2 Å². The number of carboxylic acid groups (broad SMARTS) is 1. The van der Waals surface area contributed by atoms with Gasteiger partial charge in [0.2, 0.25) is 0 Å². The Bertz CT molecular complexity index is 511. The molecule has 5 atom stereocenters. The van der Waals surface area contributed by atoms with Crippen LogP contribution < -0.4 is 0 Å². The number of hydrogen-bond donors (Lipinski definition) is 1. The maximum absolute atomic E-state index is 12.5. The Hall–Kier alpha value is -1.34. The van der Waals surface area contributed by atoms with Gasteiger partial charge in [0.25, 0.3) is 0 Å². The first-order valence-electron chi connectivity index (χ1n) is 7.60. The quantitative estimate of drug-likeness (QED) is 0.791. The van der Waals surface area contributed by atoms with Crippen molar-refractivity contribution in [2.45, 2.75) is 76.7 Å². The Kier molecular flexibility index (Phi) is 3.24. The van der Waals surface area contributed by atoms with E-state index in [1.807, 2.05) is 0 Å². The number of ether oxygens (including phenoxy) is 3. The molecule has 1 amide bonds. The highest BCUT2D eigenvalue weighted by Gasteiger charge is 2.66. The van der Waals surface area contributed by atoms with Crippen LogP contribution in [-0.2, 0) is 19.0 Å². The fourth-order valence-corrected chi connectivity index (χ4v) is 3.85. The largest absolute Gasteiger partial charge is 0.480 e. The fraction of sp³-hybridized carbons (Fsp3) is 0.867. The molecular formula is C15H23NO6. The molecule has 1 N–H and O–H groups in total. The lowest BCUT2D eigenvalue weighted by atomic mass is 9.95. The van der Waals surface area contributed by atoms with Gasteiger partial charge in [-0.25, -0.2) is 9.59 Å². The van der Waals surface area contributed by atoms with Crippen molar-refractivity contribution in [2.24, 2.45) is 5.92 Å². The van der Waals surface area contributed by atoms with Gasteiger partial charge in [0.1, 0.15) is 17.7 Å². The lowest BCUT2D eigenvalue weighted by Gasteiger charge is -2.38. The van der Waals surface area contributed by atoms with Gasteiger partial charge < -0.3 is 19.3 Å². The summed E-state index contributed by atoms with van der Waals surface area (Å²) in [5.41, 5.74) is -0.673. The average molecular weight is 313 g/mol. The van der Waals surface area contributed by atoms with Crippen molar-refractivity contribution in [3.63, 3.8) is 0 Å². The summed E-state index contributed by atoms with van der Waals surface area (Å²) in [6.07, 6.45) is -0.594. The van der Waals surface area contributed by atoms with E-state index in [1.54, 1.807) is 34.6 Å². The number of aliphatic carboxylic acids is 1. The van der Waals surface area contributed by atoms with Gasteiger partial charge in [-0.3, -0.25) is 4.90 Å². The van der Waals surface area contributed by atoms with Gasteiger partial charge in [-0.1, -0.05) is 0 Å². The zero-order valence-corrected chi connectivity index (χ0v) is 13.5. The highest BCUT2D eigenvalue weighted by Crippen LogP contribution is 2.51. The lowest BCUT2D eigenvalue weighted by Crippen LogP contribution is -2.58. The van der Waals surface area contributed by atoms with Gasteiger partial charge in [0, 0.05) is 5.92 Å². The van der Waals surface area contributed by atoms with Gasteiger partial charge in [0.05, 0.1) is 12.1 Å². The Morgan fingerprint density at radius 2 is 1.82 bits per heavy atom. The second-order valence-electron chi connectivity index (χ2n) is 7.70. The molecule has 0 aromatic rings. The van der Waals surface area contributed by atoms with Crippen molar-refractivity contribution in [1.82, 2.24) is 4.90 Å². The Morgan fingerprint density at radius 1 is 1.23 bits per heavy atom. The molecule has 2 heterocycles. The van der Waals surface area contributed by atoms with Crippen LogP contribution in [0.25, 0.3) is 0 Å². The molecule has 0 spiro atoms.